The highest BCUT2D eigenvalue weighted by molar-refractivity contribution is 5.81. The quantitative estimate of drug-likeness (QED) is 0.529. The molecule has 2 unspecified atom stereocenters. The van der Waals surface area contributed by atoms with Crippen LogP contribution in [0.3, 0.4) is 0 Å². The maximum Gasteiger partial charge on any atom is 0.326 e. The van der Waals surface area contributed by atoms with E-state index in [4.69, 9.17) is 14.2 Å². The van der Waals surface area contributed by atoms with Crippen LogP contribution in [0.15, 0.2) is 0 Å². The highest BCUT2D eigenvalue weighted by Crippen LogP contribution is 2.32. The zero-order valence-electron chi connectivity index (χ0n) is 11.0. The van der Waals surface area contributed by atoms with Crippen LogP contribution >= 0.6 is 0 Å². The van der Waals surface area contributed by atoms with E-state index in [-0.39, 0.29) is 12.1 Å². The Morgan fingerprint density at radius 2 is 2.24 bits per heavy atom. The molecule has 0 bridgehead atoms. The maximum atomic E-state index is 11.7. The molecular weight excluding hydrogens is 222 g/mol. The first-order valence-electron chi connectivity index (χ1n) is 6.15. The van der Waals surface area contributed by atoms with Crippen molar-refractivity contribution in [2.24, 2.45) is 0 Å². The molecule has 0 aromatic heterocycles. The van der Waals surface area contributed by atoms with Crippen LogP contribution in [0.4, 0.5) is 0 Å². The normalized spacial score (nSPS) is 28.3. The molecule has 1 N–H and O–H groups in total. The van der Waals surface area contributed by atoms with Crippen molar-refractivity contribution in [3.8, 4) is 0 Å². The smallest absolute Gasteiger partial charge is 0.326 e. The van der Waals surface area contributed by atoms with E-state index in [1.165, 1.54) is 7.11 Å². The van der Waals surface area contributed by atoms with E-state index in [9.17, 15) is 4.79 Å². The lowest BCUT2D eigenvalue weighted by molar-refractivity contribution is -0.148. The van der Waals surface area contributed by atoms with Crippen LogP contribution in [0, 0.1) is 0 Å². The van der Waals surface area contributed by atoms with Gasteiger partial charge in [0.15, 0.2) is 0 Å². The Hall–Kier alpha value is -0.650. The Balaban J connectivity index is 2.36. The lowest BCUT2D eigenvalue weighted by atomic mass is 9.98. The van der Waals surface area contributed by atoms with Gasteiger partial charge in [-0.3, -0.25) is 4.79 Å². The van der Waals surface area contributed by atoms with Gasteiger partial charge in [0.05, 0.1) is 26.4 Å². The van der Waals surface area contributed by atoms with E-state index < -0.39 is 5.54 Å². The van der Waals surface area contributed by atoms with Crippen LogP contribution in [0.5, 0.6) is 0 Å². The van der Waals surface area contributed by atoms with Crippen molar-refractivity contribution >= 4 is 5.97 Å². The van der Waals surface area contributed by atoms with Crippen LogP contribution in [0.2, 0.25) is 0 Å². The topological polar surface area (TPSA) is 56.8 Å². The van der Waals surface area contributed by atoms with Crippen molar-refractivity contribution < 1.29 is 19.0 Å². The minimum Gasteiger partial charge on any atom is -0.468 e. The van der Waals surface area contributed by atoms with Crippen molar-refractivity contribution in [1.82, 2.24) is 5.32 Å². The number of hydrogen-bond donors (Lipinski definition) is 1. The number of nitrogens with one attached hydrogen (secondary N) is 1. The summed E-state index contributed by atoms with van der Waals surface area (Å²) in [5.74, 6) is -0.198. The summed E-state index contributed by atoms with van der Waals surface area (Å²) in [5, 5.41) is 3.07. The number of carbonyl (C=O) groups excluding carboxylic acids is 1. The van der Waals surface area contributed by atoms with Gasteiger partial charge in [0.1, 0.15) is 5.54 Å². The molecule has 0 amide bonds. The van der Waals surface area contributed by atoms with Gasteiger partial charge >= 0.3 is 5.97 Å². The van der Waals surface area contributed by atoms with E-state index in [0.717, 1.165) is 12.8 Å². The van der Waals surface area contributed by atoms with E-state index in [0.29, 0.717) is 26.2 Å². The molecule has 1 aliphatic rings. The largest absolute Gasteiger partial charge is 0.468 e. The molecule has 2 atom stereocenters. The predicted molar refractivity (Wildman–Crippen MR) is 63.9 cm³/mol. The van der Waals surface area contributed by atoms with Crippen LogP contribution in [-0.4, -0.2) is 51.6 Å². The van der Waals surface area contributed by atoms with E-state index in [1.807, 2.05) is 6.92 Å². The van der Waals surface area contributed by atoms with Gasteiger partial charge in [-0.25, -0.2) is 0 Å². The molecular formula is C12H23NO4. The second kappa shape index (κ2) is 6.93. The van der Waals surface area contributed by atoms with Crippen LogP contribution in [0.25, 0.3) is 0 Å². The van der Waals surface area contributed by atoms with Crippen molar-refractivity contribution in [3.63, 3.8) is 0 Å². The minimum atomic E-state index is -0.564. The van der Waals surface area contributed by atoms with Crippen molar-refractivity contribution in [2.45, 2.75) is 37.8 Å². The minimum absolute atomic E-state index is 0.113. The number of likely N-dealkylation sites (N-methyl/N-ethyl adjacent to an activating group) is 1. The van der Waals surface area contributed by atoms with Gasteiger partial charge in [-0.15, -0.1) is 0 Å². The standard InChI is InChI=1S/C12H23NO4/c1-4-16-7-8-17-10-5-6-12(9-10,13-2)11(14)15-3/h10,13H,4-9H2,1-3H3. The van der Waals surface area contributed by atoms with Crippen molar-refractivity contribution in [3.05, 3.63) is 0 Å². The number of hydrogen-bond acceptors (Lipinski definition) is 5. The monoisotopic (exact) mass is 245 g/mol. The molecule has 0 aromatic rings. The highest BCUT2D eigenvalue weighted by atomic mass is 16.5. The fourth-order valence-electron chi connectivity index (χ4n) is 2.27. The van der Waals surface area contributed by atoms with Crippen molar-refractivity contribution in [1.29, 1.82) is 0 Å². The van der Waals surface area contributed by atoms with Gasteiger partial charge in [0.25, 0.3) is 0 Å². The van der Waals surface area contributed by atoms with Gasteiger partial charge in [-0.05, 0) is 26.8 Å². The molecule has 0 aliphatic heterocycles. The van der Waals surface area contributed by atoms with Crippen molar-refractivity contribution in [2.75, 3.05) is 34.0 Å². The third kappa shape index (κ3) is 3.66. The Bertz CT molecular complexity index is 247. The lowest BCUT2D eigenvalue weighted by Crippen LogP contribution is -2.49. The summed E-state index contributed by atoms with van der Waals surface area (Å²) >= 11 is 0. The number of ether oxygens (including phenoxy) is 3. The molecule has 17 heavy (non-hydrogen) atoms. The molecule has 100 valence electrons. The third-order valence-corrected chi connectivity index (χ3v) is 3.31. The van der Waals surface area contributed by atoms with Crippen LogP contribution < -0.4 is 5.32 Å². The first-order valence-corrected chi connectivity index (χ1v) is 6.15. The van der Waals surface area contributed by atoms with Gasteiger partial charge in [0, 0.05) is 13.0 Å². The first kappa shape index (κ1) is 14.4. The Kier molecular flexibility index (Phi) is 5.88. The summed E-state index contributed by atoms with van der Waals surface area (Å²) in [4.78, 5) is 11.7. The number of methoxy groups -OCH3 is 1. The predicted octanol–water partition coefficient (Wildman–Crippen LogP) is 0.723. The zero-order chi connectivity index (χ0) is 12.7. The van der Waals surface area contributed by atoms with E-state index >= 15 is 0 Å². The molecule has 1 aliphatic carbocycles. The average Bonchev–Trinajstić information content (AvgIpc) is 2.78. The molecule has 5 nitrogen and oxygen atoms in total. The highest BCUT2D eigenvalue weighted by Gasteiger charge is 2.45. The summed E-state index contributed by atoms with van der Waals surface area (Å²) < 4.78 is 15.7. The second-order valence-corrected chi connectivity index (χ2v) is 4.26. The van der Waals surface area contributed by atoms with Crippen LogP contribution in [0.1, 0.15) is 26.2 Å². The fourth-order valence-corrected chi connectivity index (χ4v) is 2.27. The van der Waals surface area contributed by atoms with Gasteiger partial charge in [-0.1, -0.05) is 0 Å². The fraction of sp³-hybridized carbons (Fsp3) is 0.917. The number of rotatable bonds is 7. The molecule has 0 radical (unpaired) electrons. The molecule has 1 fully saturated rings. The molecule has 0 heterocycles. The Morgan fingerprint density at radius 3 is 2.82 bits per heavy atom. The average molecular weight is 245 g/mol. The maximum absolute atomic E-state index is 11.7. The third-order valence-electron chi connectivity index (χ3n) is 3.31. The van der Waals surface area contributed by atoms with Crippen LogP contribution in [-0.2, 0) is 19.0 Å². The summed E-state index contributed by atoms with van der Waals surface area (Å²) in [7, 11) is 3.21. The Morgan fingerprint density at radius 1 is 1.47 bits per heavy atom. The molecule has 0 aromatic carbocycles. The Labute approximate surface area is 103 Å². The SMILES string of the molecule is CCOCCOC1CCC(NC)(C(=O)OC)C1. The van der Waals surface area contributed by atoms with Gasteiger partial charge < -0.3 is 19.5 Å². The summed E-state index contributed by atoms with van der Waals surface area (Å²) in [6, 6.07) is 0. The first-order chi connectivity index (χ1) is 8.18. The summed E-state index contributed by atoms with van der Waals surface area (Å²) in [6.07, 6.45) is 2.42. The molecule has 1 rings (SSSR count). The second-order valence-electron chi connectivity index (χ2n) is 4.26. The van der Waals surface area contributed by atoms with E-state index in [2.05, 4.69) is 5.32 Å². The van der Waals surface area contributed by atoms with Gasteiger partial charge in [0.2, 0.25) is 0 Å². The summed E-state index contributed by atoms with van der Waals surface area (Å²) in [5.41, 5.74) is -0.564. The summed E-state index contributed by atoms with van der Waals surface area (Å²) in [6.45, 7) is 3.85. The lowest BCUT2D eigenvalue weighted by Gasteiger charge is -2.25. The van der Waals surface area contributed by atoms with Gasteiger partial charge in [-0.2, -0.15) is 0 Å². The molecule has 0 saturated heterocycles. The zero-order valence-corrected chi connectivity index (χ0v) is 11.0. The van der Waals surface area contributed by atoms with E-state index in [1.54, 1.807) is 7.05 Å². The number of carbonyl (C=O) groups is 1. The number of esters is 1. The molecule has 5 heteroatoms. The molecule has 0 spiro atoms. The molecule has 1 saturated carbocycles.